The summed E-state index contributed by atoms with van der Waals surface area (Å²) in [6.45, 7) is 3.00. The molecule has 0 aliphatic heterocycles. The van der Waals surface area contributed by atoms with Gasteiger partial charge >= 0.3 is 12.4 Å². The smallest absolute Gasteiger partial charge is 0.411 e. The molecule has 0 aliphatic rings. The third-order valence-corrected chi connectivity index (χ3v) is 5.12. The second-order valence-electron chi connectivity index (χ2n) is 7.12. The monoisotopic (exact) mass is 510 g/mol. The molecule has 3 rings (SSSR count). The van der Waals surface area contributed by atoms with Gasteiger partial charge < -0.3 is 9.84 Å². The second-order valence-corrected chi connectivity index (χ2v) is 7.12. The molecule has 0 bridgehead atoms. The van der Waals surface area contributed by atoms with Crippen LogP contribution in [0.15, 0.2) is 55.1 Å². The van der Waals surface area contributed by atoms with Crippen molar-refractivity contribution in [3.05, 3.63) is 95.1 Å². The summed E-state index contributed by atoms with van der Waals surface area (Å²) in [6.07, 6.45) is -11.4. The first-order chi connectivity index (χ1) is 16.2. The quantitative estimate of drug-likeness (QED) is 0.281. The lowest BCUT2D eigenvalue weighted by atomic mass is 9.73. The highest BCUT2D eigenvalue weighted by molar-refractivity contribution is 5.53. The van der Waals surface area contributed by atoms with Crippen LogP contribution in [0.2, 0.25) is 0 Å². The summed E-state index contributed by atoms with van der Waals surface area (Å²) >= 11 is 0. The zero-order valence-corrected chi connectivity index (χ0v) is 17.0. The zero-order chi connectivity index (χ0) is 26.3. The van der Waals surface area contributed by atoms with Gasteiger partial charge in [-0.25, -0.2) is 8.78 Å². The number of aromatic hydroxyl groups is 1. The van der Waals surface area contributed by atoms with Gasteiger partial charge in [-0.15, -0.1) is 0 Å². The van der Waals surface area contributed by atoms with Crippen LogP contribution >= 0.6 is 0 Å². The first kappa shape index (κ1) is 25.9. The number of benzene rings is 3. The molecule has 0 aromatic heterocycles. The van der Waals surface area contributed by atoms with Gasteiger partial charge in [-0.05, 0) is 35.4 Å². The molecular formula is C23H12F10O2. The predicted molar refractivity (Wildman–Crippen MR) is 104 cm³/mol. The maximum Gasteiger partial charge on any atom is 0.411 e. The van der Waals surface area contributed by atoms with Crippen LogP contribution in [-0.2, 0) is 5.41 Å². The molecule has 0 fully saturated rings. The molecule has 0 heterocycles. The average Bonchev–Trinajstić information content (AvgIpc) is 2.76. The number of phenols is 1. The Morgan fingerprint density at radius 1 is 0.657 bits per heavy atom. The number of ether oxygens (including phenoxy) is 1. The number of hydrogen-bond acceptors (Lipinski definition) is 2. The summed E-state index contributed by atoms with van der Waals surface area (Å²) in [5.41, 5.74) is -8.33. The summed E-state index contributed by atoms with van der Waals surface area (Å²) in [4.78, 5) is 0. The highest BCUT2D eigenvalue weighted by atomic mass is 19.4. The van der Waals surface area contributed by atoms with Crippen molar-refractivity contribution < 1.29 is 53.7 Å². The van der Waals surface area contributed by atoms with Crippen LogP contribution in [0.4, 0.5) is 43.9 Å². The largest absolute Gasteiger partial charge is 0.508 e. The maximum atomic E-state index is 14.1. The maximum absolute atomic E-state index is 14.1. The standard InChI is InChI=1S/C23H12F10O2/c1-2-15-16(24)18(26)20(19(27)17(15)25)35-14-9-5-12(6-10-14)21(22(28,29)30,23(31,32)33)11-3-7-13(34)8-4-11/h2-10,34H,1H2. The summed E-state index contributed by atoms with van der Waals surface area (Å²) in [7, 11) is 0. The van der Waals surface area contributed by atoms with E-state index in [-0.39, 0.29) is 0 Å². The molecule has 12 heteroatoms. The van der Waals surface area contributed by atoms with Crippen LogP contribution in [0.3, 0.4) is 0 Å². The Balaban J connectivity index is 2.15. The number of hydrogen-bond donors (Lipinski definition) is 1. The highest BCUT2D eigenvalue weighted by Gasteiger charge is 2.72. The summed E-state index contributed by atoms with van der Waals surface area (Å²) in [5, 5.41) is 9.29. The van der Waals surface area contributed by atoms with Crippen LogP contribution < -0.4 is 4.74 Å². The Morgan fingerprint density at radius 2 is 1.06 bits per heavy atom. The fourth-order valence-corrected chi connectivity index (χ4v) is 3.48. The topological polar surface area (TPSA) is 29.5 Å². The molecule has 0 saturated heterocycles. The molecule has 35 heavy (non-hydrogen) atoms. The summed E-state index contributed by atoms with van der Waals surface area (Å²) < 4.78 is 145. The van der Waals surface area contributed by atoms with E-state index in [2.05, 4.69) is 6.58 Å². The van der Waals surface area contributed by atoms with Gasteiger partial charge in [-0.3, -0.25) is 0 Å². The summed E-state index contributed by atoms with van der Waals surface area (Å²) in [6, 6.07) is 3.86. The van der Waals surface area contributed by atoms with Crippen LogP contribution in [0.1, 0.15) is 16.7 Å². The van der Waals surface area contributed by atoms with Crippen LogP contribution in [0.25, 0.3) is 6.08 Å². The number of rotatable bonds is 5. The van der Waals surface area contributed by atoms with Gasteiger partial charge in [0, 0.05) is 0 Å². The van der Waals surface area contributed by atoms with E-state index in [0.29, 0.717) is 54.6 Å². The molecule has 0 saturated carbocycles. The molecule has 0 spiro atoms. The third-order valence-electron chi connectivity index (χ3n) is 5.12. The van der Waals surface area contributed by atoms with E-state index in [1.807, 2.05) is 0 Å². The lowest BCUT2D eigenvalue weighted by Crippen LogP contribution is -2.54. The Bertz CT molecular complexity index is 1200. The molecule has 1 N–H and O–H groups in total. The van der Waals surface area contributed by atoms with Crippen LogP contribution in [0.5, 0.6) is 17.2 Å². The van der Waals surface area contributed by atoms with Crippen molar-refractivity contribution in [1.29, 1.82) is 0 Å². The minimum absolute atomic E-state index is 0.337. The van der Waals surface area contributed by atoms with Gasteiger partial charge in [0.05, 0.1) is 5.56 Å². The molecule has 0 unspecified atom stereocenters. The zero-order valence-electron chi connectivity index (χ0n) is 17.0. The molecule has 0 atom stereocenters. The van der Waals surface area contributed by atoms with Crippen molar-refractivity contribution in [2.45, 2.75) is 17.8 Å². The van der Waals surface area contributed by atoms with E-state index in [1.165, 1.54) is 0 Å². The SMILES string of the molecule is C=Cc1c(F)c(F)c(Oc2ccc(C(c3ccc(O)cc3)(C(F)(F)F)C(F)(F)F)cc2)c(F)c1F. The lowest BCUT2D eigenvalue weighted by Gasteiger charge is -2.38. The van der Waals surface area contributed by atoms with E-state index in [9.17, 15) is 49.0 Å². The van der Waals surface area contributed by atoms with Crippen LogP contribution in [0, 0.1) is 23.3 Å². The number of alkyl halides is 6. The Labute approximate surface area is 190 Å². The fraction of sp³-hybridized carbons (Fsp3) is 0.130. The molecule has 0 radical (unpaired) electrons. The minimum atomic E-state index is -5.93. The average molecular weight is 510 g/mol. The first-order valence-electron chi connectivity index (χ1n) is 9.36. The number of phenolic OH excluding ortho intramolecular Hbond substituents is 1. The molecule has 3 aromatic carbocycles. The Hall–Kier alpha value is -3.70. The van der Waals surface area contributed by atoms with Gasteiger partial charge in [0.25, 0.3) is 0 Å². The Kier molecular flexibility index (Phi) is 6.53. The molecule has 2 nitrogen and oxygen atoms in total. The van der Waals surface area contributed by atoms with Crippen molar-refractivity contribution in [2.75, 3.05) is 0 Å². The van der Waals surface area contributed by atoms with Gasteiger partial charge in [0.1, 0.15) is 11.5 Å². The van der Waals surface area contributed by atoms with Gasteiger partial charge in [0.15, 0.2) is 11.6 Å². The van der Waals surface area contributed by atoms with Crippen molar-refractivity contribution in [2.24, 2.45) is 0 Å². The van der Waals surface area contributed by atoms with Crippen molar-refractivity contribution in [3.63, 3.8) is 0 Å². The normalized spacial score (nSPS) is 12.5. The Morgan fingerprint density at radius 3 is 1.43 bits per heavy atom. The lowest BCUT2D eigenvalue weighted by molar-refractivity contribution is -0.288. The number of halogens is 10. The van der Waals surface area contributed by atoms with Crippen molar-refractivity contribution in [1.82, 2.24) is 0 Å². The molecule has 0 aliphatic carbocycles. The van der Waals surface area contributed by atoms with E-state index in [1.54, 1.807) is 0 Å². The van der Waals surface area contributed by atoms with E-state index in [4.69, 9.17) is 4.74 Å². The molecule has 186 valence electrons. The van der Waals surface area contributed by atoms with E-state index < -0.39 is 75.0 Å². The summed E-state index contributed by atoms with van der Waals surface area (Å²) in [5.74, 6) is -10.6. The third kappa shape index (κ3) is 4.17. The van der Waals surface area contributed by atoms with Gasteiger partial charge in [-0.1, -0.05) is 36.9 Å². The van der Waals surface area contributed by atoms with Gasteiger partial charge in [-0.2, -0.15) is 35.1 Å². The fourth-order valence-electron chi connectivity index (χ4n) is 3.48. The van der Waals surface area contributed by atoms with Crippen molar-refractivity contribution >= 4 is 6.08 Å². The molecule has 3 aromatic rings. The molecular weight excluding hydrogens is 498 g/mol. The van der Waals surface area contributed by atoms with Gasteiger partial charge in [0.2, 0.25) is 22.8 Å². The first-order valence-corrected chi connectivity index (χ1v) is 9.36. The van der Waals surface area contributed by atoms with E-state index >= 15 is 0 Å². The second kappa shape index (κ2) is 8.82. The predicted octanol–water partition coefficient (Wildman–Crippen LogP) is 7.79. The minimum Gasteiger partial charge on any atom is -0.508 e. The van der Waals surface area contributed by atoms with E-state index in [0.717, 1.165) is 0 Å². The molecule has 0 amide bonds. The van der Waals surface area contributed by atoms with Crippen LogP contribution in [-0.4, -0.2) is 17.5 Å². The van der Waals surface area contributed by atoms with Crippen molar-refractivity contribution in [3.8, 4) is 17.2 Å². The highest BCUT2D eigenvalue weighted by Crippen LogP contribution is 2.56.